The normalized spacial score (nSPS) is 20.4. The minimum absolute atomic E-state index is 0.0418. The van der Waals surface area contributed by atoms with Gasteiger partial charge in [-0.15, -0.1) is 0 Å². The fraction of sp³-hybridized carbons (Fsp3) is 0.462. The van der Waals surface area contributed by atoms with Crippen molar-refractivity contribution in [2.24, 2.45) is 5.73 Å². The van der Waals surface area contributed by atoms with Crippen molar-refractivity contribution in [2.75, 3.05) is 13.1 Å². The van der Waals surface area contributed by atoms with E-state index in [0.717, 1.165) is 24.9 Å². The molecule has 1 atom stereocenters. The van der Waals surface area contributed by atoms with Gasteiger partial charge >= 0.3 is 0 Å². The summed E-state index contributed by atoms with van der Waals surface area (Å²) in [5.41, 5.74) is 7.53. The number of aryl methyl sites for hydroxylation is 1. The molecule has 0 aliphatic carbocycles. The van der Waals surface area contributed by atoms with Crippen molar-refractivity contribution in [3.8, 4) is 0 Å². The van der Waals surface area contributed by atoms with E-state index in [1.807, 2.05) is 17.9 Å². The average Bonchev–Trinajstić information content (AvgIpc) is 2.31. The molecule has 2 N–H and O–H groups in total. The van der Waals surface area contributed by atoms with Crippen LogP contribution < -0.4 is 5.73 Å². The minimum Gasteiger partial charge on any atom is -0.337 e. The van der Waals surface area contributed by atoms with Crippen molar-refractivity contribution in [3.05, 3.63) is 34.3 Å². The van der Waals surface area contributed by atoms with Crippen molar-refractivity contribution in [3.63, 3.8) is 0 Å². The highest BCUT2D eigenvalue weighted by Crippen LogP contribution is 2.19. The highest BCUT2D eigenvalue weighted by Gasteiger charge is 2.23. The number of hydrogen-bond acceptors (Lipinski definition) is 2. The van der Waals surface area contributed by atoms with E-state index in [0.29, 0.717) is 17.1 Å². The highest BCUT2D eigenvalue weighted by molar-refractivity contribution is 6.31. The van der Waals surface area contributed by atoms with Gasteiger partial charge in [0, 0.05) is 29.7 Å². The monoisotopic (exact) mass is 252 g/mol. The molecule has 0 saturated carbocycles. The Balaban J connectivity index is 2.21. The molecule has 1 fully saturated rings. The zero-order valence-electron chi connectivity index (χ0n) is 9.95. The molecule has 0 radical (unpaired) electrons. The standard InChI is InChI=1S/C13H17ClN2O/c1-9-4-5-10(14)7-12(9)13(17)16-6-2-3-11(15)8-16/h4-5,7,11H,2-3,6,8,15H2,1H3/t11-/m1/s1. The Morgan fingerprint density at radius 1 is 1.53 bits per heavy atom. The Morgan fingerprint density at radius 3 is 3.00 bits per heavy atom. The number of carbonyl (C=O) groups is 1. The summed E-state index contributed by atoms with van der Waals surface area (Å²) in [6.45, 7) is 3.36. The fourth-order valence-corrected chi connectivity index (χ4v) is 2.36. The van der Waals surface area contributed by atoms with Crippen LogP contribution in [-0.4, -0.2) is 29.9 Å². The average molecular weight is 253 g/mol. The van der Waals surface area contributed by atoms with Crippen LogP contribution in [0.3, 0.4) is 0 Å². The van der Waals surface area contributed by atoms with E-state index in [1.165, 1.54) is 0 Å². The number of halogens is 1. The first-order valence-corrected chi connectivity index (χ1v) is 6.26. The third kappa shape index (κ3) is 2.79. The van der Waals surface area contributed by atoms with Gasteiger partial charge in [0.1, 0.15) is 0 Å². The second-order valence-corrected chi connectivity index (χ2v) is 5.05. The van der Waals surface area contributed by atoms with E-state index in [4.69, 9.17) is 17.3 Å². The quantitative estimate of drug-likeness (QED) is 0.833. The van der Waals surface area contributed by atoms with Gasteiger partial charge < -0.3 is 10.6 Å². The first-order valence-electron chi connectivity index (χ1n) is 5.89. The Morgan fingerprint density at radius 2 is 2.29 bits per heavy atom. The number of piperidine rings is 1. The van der Waals surface area contributed by atoms with Gasteiger partial charge in [0.25, 0.3) is 5.91 Å². The molecule has 1 heterocycles. The molecule has 0 aromatic heterocycles. The lowest BCUT2D eigenvalue weighted by molar-refractivity contribution is 0.0708. The lowest BCUT2D eigenvalue weighted by atomic mass is 10.0. The number of hydrogen-bond donors (Lipinski definition) is 1. The van der Waals surface area contributed by atoms with Crippen LogP contribution >= 0.6 is 11.6 Å². The van der Waals surface area contributed by atoms with Gasteiger partial charge in [-0.1, -0.05) is 17.7 Å². The van der Waals surface area contributed by atoms with Gasteiger partial charge in [0.2, 0.25) is 0 Å². The zero-order chi connectivity index (χ0) is 12.4. The smallest absolute Gasteiger partial charge is 0.254 e. The molecule has 1 saturated heterocycles. The van der Waals surface area contributed by atoms with Crippen LogP contribution in [0, 0.1) is 6.92 Å². The third-order valence-electron chi connectivity index (χ3n) is 3.18. The SMILES string of the molecule is Cc1ccc(Cl)cc1C(=O)N1CCC[C@@H](N)C1. The summed E-state index contributed by atoms with van der Waals surface area (Å²) in [5, 5.41) is 0.597. The van der Waals surface area contributed by atoms with Gasteiger partial charge in [0.05, 0.1) is 0 Å². The summed E-state index contributed by atoms with van der Waals surface area (Å²) in [6, 6.07) is 5.51. The number of amides is 1. The van der Waals surface area contributed by atoms with Crippen LogP contribution in [0.4, 0.5) is 0 Å². The van der Waals surface area contributed by atoms with Crippen LogP contribution in [0.2, 0.25) is 5.02 Å². The molecule has 17 heavy (non-hydrogen) atoms. The highest BCUT2D eigenvalue weighted by atomic mass is 35.5. The summed E-state index contributed by atoms with van der Waals surface area (Å²) in [4.78, 5) is 14.2. The van der Waals surface area contributed by atoms with Gasteiger partial charge in [-0.3, -0.25) is 4.79 Å². The summed E-state index contributed by atoms with van der Waals surface area (Å²) in [5.74, 6) is 0.0418. The number of likely N-dealkylation sites (tertiary alicyclic amines) is 1. The second-order valence-electron chi connectivity index (χ2n) is 4.61. The minimum atomic E-state index is 0.0418. The molecule has 0 unspecified atom stereocenters. The van der Waals surface area contributed by atoms with E-state index in [9.17, 15) is 4.79 Å². The maximum Gasteiger partial charge on any atom is 0.254 e. The molecule has 1 aromatic carbocycles. The van der Waals surface area contributed by atoms with Gasteiger partial charge in [-0.2, -0.15) is 0 Å². The number of nitrogens with zero attached hydrogens (tertiary/aromatic N) is 1. The van der Waals surface area contributed by atoms with Crippen LogP contribution in [0.1, 0.15) is 28.8 Å². The molecular weight excluding hydrogens is 236 g/mol. The Labute approximate surface area is 107 Å². The molecule has 0 spiro atoms. The molecule has 1 amide bonds. The first-order chi connectivity index (χ1) is 8.08. The summed E-state index contributed by atoms with van der Waals surface area (Å²) < 4.78 is 0. The second kappa shape index (κ2) is 5.07. The van der Waals surface area contributed by atoms with Crippen molar-refractivity contribution >= 4 is 17.5 Å². The lowest BCUT2D eigenvalue weighted by Crippen LogP contribution is -2.45. The number of benzene rings is 1. The topological polar surface area (TPSA) is 46.3 Å². The van der Waals surface area contributed by atoms with Gasteiger partial charge in [0.15, 0.2) is 0 Å². The van der Waals surface area contributed by atoms with Crippen molar-refractivity contribution < 1.29 is 4.79 Å². The van der Waals surface area contributed by atoms with Gasteiger partial charge in [-0.25, -0.2) is 0 Å². The van der Waals surface area contributed by atoms with E-state index in [2.05, 4.69) is 0 Å². The molecule has 4 heteroatoms. The van der Waals surface area contributed by atoms with Crippen molar-refractivity contribution in [1.29, 1.82) is 0 Å². The summed E-state index contributed by atoms with van der Waals surface area (Å²) >= 11 is 5.93. The van der Waals surface area contributed by atoms with Crippen LogP contribution in [0.5, 0.6) is 0 Å². The molecule has 3 nitrogen and oxygen atoms in total. The zero-order valence-corrected chi connectivity index (χ0v) is 10.7. The van der Waals surface area contributed by atoms with Crippen molar-refractivity contribution in [1.82, 2.24) is 4.90 Å². The molecule has 1 aliphatic heterocycles. The molecule has 1 aromatic rings. The maximum absolute atomic E-state index is 12.3. The molecular formula is C13H17ClN2O. The predicted octanol–water partition coefficient (Wildman–Crippen LogP) is 2.21. The number of nitrogens with two attached hydrogens (primary N) is 1. The van der Waals surface area contributed by atoms with E-state index < -0.39 is 0 Å². The number of rotatable bonds is 1. The van der Waals surface area contributed by atoms with E-state index in [-0.39, 0.29) is 11.9 Å². The fourth-order valence-electron chi connectivity index (χ4n) is 2.19. The van der Waals surface area contributed by atoms with Crippen LogP contribution in [0.25, 0.3) is 0 Å². The Kier molecular flexibility index (Phi) is 3.69. The Bertz CT molecular complexity index is 433. The maximum atomic E-state index is 12.3. The summed E-state index contributed by atoms with van der Waals surface area (Å²) in [7, 11) is 0. The predicted molar refractivity (Wildman–Crippen MR) is 69.3 cm³/mol. The number of carbonyl (C=O) groups excluding carboxylic acids is 1. The largest absolute Gasteiger partial charge is 0.337 e. The Hall–Kier alpha value is -1.06. The molecule has 2 rings (SSSR count). The van der Waals surface area contributed by atoms with Gasteiger partial charge in [-0.05, 0) is 37.5 Å². The van der Waals surface area contributed by atoms with E-state index >= 15 is 0 Å². The summed E-state index contributed by atoms with van der Waals surface area (Å²) in [6.07, 6.45) is 1.98. The first kappa shape index (κ1) is 12.4. The third-order valence-corrected chi connectivity index (χ3v) is 3.41. The van der Waals surface area contributed by atoms with Crippen LogP contribution in [0.15, 0.2) is 18.2 Å². The van der Waals surface area contributed by atoms with Crippen LogP contribution in [-0.2, 0) is 0 Å². The van der Waals surface area contributed by atoms with E-state index in [1.54, 1.807) is 12.1 Å². The lowest BCUT2D eigenvalue weighted by Gasteiger charge is -2.31. The molecule has 92 valence electrons. The molecule has 0 bridgehead atoms. The molecule has 1 aliphatic rings. The van der Waals surface area contributed by atoms with Crippen molar-refractivity contribution in [2.45, 2.75) is 25.8 Å².